The Balaban J connectivity index is 2.89. The Morgan fingerprint density at radius 3 is 1.50 bits per heavy atom. The second kappa shape index (κ2) is 8.16. The fourth-order valence-electron chi connectivity index (χ4n) is 2.32. The zero-order chi connectivity index (χ0) is 16.6. The maximum absolute atomic E-state index is 12.5. The largest absolute Gasteiger partial charge is 0.465 e. The molecule has 0 radical (unpaired) electrons. The van der Waals surface area contributed by atoms with Gasteiger partial charge in [-0.05, 0) is 26.7 Å². The van der Waals surface area contributed by atoms with Gasteiger partial charge in [0.1, 0.15) is 10.8 Å². The molecule has 0 aromatic rings. The number of rotatable bonds is 8. The molecule has 2 unspecified atom stereocenters. The number of carbonyl (C=O) groups is 2. The van der Waals surface area contributed by atoms with Crippen LogP contribution in [0.3, 0.4) is 0 Å². The summed E-state index contributed by atoms with van der Waals surface area (Å²) in [6.45, 7) is 8.31. The number of ether oxygens (including phenoxy) is 2. The van der Waals surface area contributed by atoms with Gasteiger partial charge in [0, 0.05) is 0 Å². The van der Waals surface area contributed by atoms with Gasteiger partial charge in [-0.3, -0.25) is 9.59 Å². The van der Waals surface area contributed by atoms with E-state index < -0.39 is 10.8 Å². The first-order chi connectivity index (χ1) is 10.4. The SMILES string of the molecule is CCCCOC(=O)C1(C)C=CC=CC1(C)C(=O)OCCCC. The Bertz CT molecular complexity index is 410. The highest BCUT2D eigenvalue weighted by Crippen LogP contribution is 2.46. The molecule has 4 heteroatoms. The molecule has 0 heterocycles. The highest BCUT2D eigenvalue weighted by Gasteiger charge is 2.54. The Hall–Kier alpha value is -1.58. The summed E-state index contributed by atoms with van der Waals surface area (Å²) in [6, 6.07) is 0. The highest BCUT2D eigenvalue weighted by atomic mass is 16.5. The Kier molecular flexibility index (Phi) is 6.85. The molecule has 0 aliphatic heterocycles. The Labute approximate surface area is 133 Å². The van der Waals surface area contributed by atoms with Crippen LogP contribution in [0.5, 0.6) is 0 Å². The first kappa shape index (κ1) is 18.5. The van der Waals surface area contributed by atoms with Gasteiger partial charge in [0.2, 0.25) is 0 Å². The van der Waals surface area contributed by atoms with Gasteiger partial charge in [-0.25, -0.2) is 0 Å². The maximum Gasteiger partial charge on any atom is 0.317 e. The minimum atomic E-state index is -1.04. The van der Waals surface area contributed by atoms with Crippen molar-refractivity contribution in [2.24, 2.45) is 10.8 Å². The predicted octanol–water partition coefficient (Wildman–Crippen LogP) is 3.81. The van der Waals surface area contributed by atoms with E-state index in [9.17, 15) is 9.59 Å². The van der Waals surface area contributed by atoms with E-state index in [1.807, 2.05) is 13.8 Å². The fraction of sp³-hybridized carbons (Fsp3) is 0.667. The van der Waals surface area contributed by atoms with E-state index in [4.69, 9.17) is 9.47 Å². The summed E-state index contributed by atoms with van der Waals surface area (Å²) in [5, 5.41) is 0. The van der Waals surface area contributed by atoms with Crippen LogP contribution in [0.1, 0.15) is 53.4 Å². The lowest BCUT2D eigenvalue weighted by molar-refractivity contribution is -0.170. The smallest absolute Gasteiger partial charge is 0.317 e. The zero-order valence-corrected chi connectivity index (χ0v) is 14.2. The van der Waals surface area contributed by atoms with E-state index in [0.29, 0.717) is 13.2 Å². The molecule has 0 amide bonds. The van der Waals surface area contributed by atoms with Crippen LogP contribution in [0.2, 0.25) is 0 Å². The monoisotopic (exact) mass is 308 g/mol. The topological polar surface area (TPSA) is 52.6 Å². The number of esters is 2. The third kappa shape index (κ3) is 3.79. The molecule has 0 spiro atoms. The van der Waals surface area contributed by atoms with Gasteiger partial charge >= 0.3 is 11.9 Å². The van der Waals surface area contributed by atoms with Crippen LogP contribution in [0.4, 0.5) is 0 Å². The summed E-state index contributed by atoms with van der Waals surface area (Å²) in [5.41, 5.74) is -2.09. The third-order valence-corrected chi connectivity index (χ3v) is 4.36. The number of hydrogen-bond acceptors (Lipinski definition) is 4. The van der Waals surface area contributed by atoms with E-state index in [2.05, 4.69) is 0 Å². The molecule has 22 heavy (non-hydrogen) atoms. The second-order valence-corrected chi connectivity index (χ2v) is 6.10. The number of carbonyl (C=O) groups excluding carboxylic acids is 2. The summed E-state index contributed by atoms with van der Waals surface area (Å²) in [7, 11) is 0. The Morgan fingerprint density at radius 2 is 1.18 bits per heavy atom. The lowest BCUT2D eigenvalue weighted by atomic mass is 9.63. The maximum atomic E-state index is 12.5. The molecule has 0 bridgehead atoms. The lowest BCUT2D eigenvalue weighted by Crippen LogP contribution is -2.49. The Morgan fingerprint density at radius 1 is 0.818 bits per heavy atom. The summed E-state index contributed by atoms with van der Waals surface area (Å²) >= 11 is 0. The molecule has 0 saturated carbocycles. The van der Waals surface area contributed by atoms with Gasteiger partial charge < -0.3 is 9.47 Å². The van der Waals surface area contributed by atoms with Crippen molar-refractivity contribution < 1.29 is 19.1 Å². The van der Waals surface area contributed by atoms with Crippen molar-refractivity contribution in [3.63, 3.8) is 0 Å². The van der Waals surface area contributed by atoms with Gasteiger partial charge in [-0.2, -0.15) is 0 Å². The van der Waals surface area contributed by atoms with E-state index in [1.54, 1.807) is 38.2 Å². The van der Waals surface area contributed by atoms with Gasteiger partial charge in [-0.1, -0.05) is 51.0 Å². The van der Waals surface area contributed by atoms with Crippen molar-refractivity contribution in [3.05, 3.63) is 24.3 Å². The van der Waals surface area contributed by atoms with Crippen LogP contribution in [0.15, 0.2) is 24.3 Å². The molecule has 0 N–H and O–H groups in total. The minimum Gasteiger partial charge on any atom is -0.465 e. The van der Waals surface area contributed by atoms with Crippen LogP contribution in [-0.4, -0.2) is 25.2 Å². The van der Waals surface area contributed by atoms with Gasteiger partial charge in [0.05, 0.1) is 13.2 Å². The van der Waals surface area contributed by atoms with Crippen molar-refractivity contribution in [1.29, 1.82) is 0 Å². The average molecular weight is 308 g/mol. The molecule has 1 rings (SSSR count). The van der Waals surface area contributed by atoms with E-state index in [1.165, 1.54) is 0 Å². The van der Waals surface area contributed by atoms with Crippen molar-refractivity contribution in [2.45, 2.75) is 53.4 Å². The van der Waals surface area contributed by atoms with Crippen molar-refractivity contribution in [2.75, 3.05) is 13.2 Å². The molecule has 0 aromatic heterocycles. The van der Waals surface area contributed by atoms with Crippen molar-refractivity contribution >= 4 is 11.9 Å². The summed E-state index contributed by atoms with van der Waals surface area (Å²) in [6.07, 6.45) is 10.6. The summed E-state index contributed by atoms with van der Waals surface area (Å²) < 4.78 is 10.7. The molecular weight excluding hydrogens is 280 g/mol. The predicted molar refractivity (Wildman–Crippen MR) is 86.2 cm³/mol. The standard InChI is InChI=1S/C18H28O4/c1-5-7-13-21-15(19)17(3)11-9-10-12-18(17,4)16(20)22-14-8-6-2/h9-12H,5-8,13-14H2,1-4H3. The first-order valence-corrected chi connectivity index (χ1v) is 8.14. The second-order valence-electron chi connectivity index (χ2n) is 6.10. The van der Waals surface area contributed by atoms with Crippen LogP contribution in [0.25, 0.3) is 0 Å². The fourth-order valence-corrected chi connectivity index (χ4v) is 2.32. The zero-order valence-electron chi connectivity index (χ0n) is 14.2. The average Bonchev–Trinajstić information content (AvgIpc) is 2.50. The molecule has 124 valence electrons. The summed E-state index contributed by atoms with van der Waals surface area (Å²) in [4.78, 5) is 25.1. The molecule has 1 aliphatic rings. The van der Waals surface area contributed by atoms with Crippen LogP contribution >= 0.6 is 0 Å². The van der Waals surface area contributed by atoms with Crippen LogP contribution < -0.4 is 0 Å². The quantitative estimate of drug-likeness (QED) is 0.505. The molecule has 2 atom stereocenters. The normalized spacial score (nSPS) is 26.7. The van der Waals surface area contributed by atoms with Gasteiger partial charge in [0.15, 0.2) is 0 Å². The highest BCUT2D eigenvalue weighted by molar-refractivity contribution is 5.91. The molecule has 0 aromatic carbocycles. The molecule has 1 aliphatic carbocycles. The van der Waals surface area contributed by atoms with Crippen LogP contribution in [0, 0.1) is 10.8 Å². The molecule has 4 nitrogen and oxygen atoms in total. The van der Waals surface area contributed by atoms with E-state index >= 15 is 0 Å². The number of allylic oxidation sites excluding steroid dienone is 2. The molecular formula is C18H28O4. The van der Waals surface area contributed by atoms with Crippen LogP contribution in [-0.2, 0) is 19.1 Å². The van der Waals surface area contributed by atoms with Gasteiger partial charge in [-0.15, -0.1) is 0 Å². The lowest BCUT2D eigenvalue weighted by Gasteiger charge is -2.40. The van der Waals surface area contributed by atoms with Gasteiger partial charge in [0.25, 0.3) is 0 Å². The molecule has 0 saturated heterocycles. The van der Waals surface area contributed by atoms with Crippen molar-refractivity contribution in [3.8, 4) is 0 Å². The number of unbranched alkanes of at least 4 members (excludes halogenated alkanes) is 2. The third-order valence-electron chi connectivity index (χ3n) is 4.36. The van der Waals surface area contributed by atoms with E-state index in [-0.39, 0.29) is 11.9 Å². The van der Waals surface area contributed by atoms with Crippen molar-refractivity contribution in [1.82, 2.24) is 0 Å². The minimum absolute atomic E-state index is 0.378. The number of hydrogen-bond donors (Lipinski definition) is 0. The summed E-state index contributed by atoms with van der Waals surface area (Å²) in [5.74, 6) is -0.756. The van der Waals surface area contributed by atoms with E-state index in [0.717, 1.165) is 25.7 Å². The first-order valence-electron chi connectivity index (χ1n) is 8.14. The molecule has 0 fully saturated rings.